The van der Waals surface area contributed by atoms with Crippen molar-refractivity contribution in [3.8, 4) is 12.3 Å². The molecule has 0 aliphatic carbocycles. The molecule has 0 radical (unpaired) electrons. The van der Waals surface area contributed by atoms with Crippen LogP contribution in [0, 0.1) is 12.3 Å². The molecule has 2 aromatic heterocycles. The summed E-state index contributed by atoms with van der Waals surface area (Å²) in [6.45, 7) is 3.79. The lowest BCUT2D eigenvalue weighted by molar-refractivity contribution is 0.728. The number of hydrogen-bond donors (Lipinski definition) is 1. The Balaban J connectivity index is 2.38. The molecule has 0 unspecified atom stereocenters. The van der Waals surface area contributed by atoms with E-state index in [0.29, 0.717) is 5.95 Å². The Morgan fingerprint density at radius 1 is 1.50 bits per heavy atom. The van der Waals surface area contributed by atoms with Crippen LogP contribution in [0.5, 0.6) is 0 Å². The van der Waals surface area contributed by atoms with Gasteiger partial charge in [0.1, 0.15) is 0 Å². The zero-order chi connectivity index (χ0) is 11.8. The Morgan fingerprint density at radius 3 is 2.94 bits per heavy atom. The molecule has 2 heterocycles. The molecule has 2 aromatic rings. The fourth-order valence-electron chi connectivity index (χ4n) is 1.23. The molecule has 1 N–H and O–H groups in total. The number of nitrogens with zero attached hydrogens (tertiary/aromatic N) is 3. The molecule has 0 saturated carbocycles. The van der Waals surface area contributed by atoms with Gasteiger partial charge < -0.3 is 5.32 Å². The second-order valence-corrected chi connectivity index (χ2v) is 4.90. The maximum Gasteiger partial charge on any atom is 0.244 e. The van der Waals surface area contributed by atoms with Gasteiger partial charge in [0, 0.05) is 10.7 Å². The number of nitrogens with one attached hydrogen (secondary N) is 1. The van der Waals surface area contributed by atoms with Gasteiger partial charge in [-0.3, -0.25) is 0 Å². The van der Waals surface area contributed by atoms with Gasteiger partial charge in [0.25, 0.3) is 0 Å². The predicted molar refractivity (Wildman–Crippen MR) is 67.2 cm³/mol. The number of pyridine rings is 1. The smallest absolute Gasteiger partial charge is 0.244 e. The van der Waals surface area contributed by atoms with Crippen LogP contribution in [-0.4, -0.2) is 20.1 Å². The van der Waals surface area contributed by atoms with Crippen molar-refractivity contribution in [2.24, 2.45) is 0 Å². The minimum Gasteiger partial charge on any atom is -0.337 e. The molecule has 2 rings (SSSR count). The van der Waals surface area contributed by atoms with Crippen molar-refractivity contribution in [1.29, 1.82) is 0 Å². The molecular weight excluding hydrogens is 268 g/mol. The molecule has 0 aliphatic heterocycles. The lowest BCUT2D eigenvalue weighted by Crippen LogP contribution is -2.29. The summed E-state index contributed by atoms with van der Waals surface area (Å²) in [5.74, 6) is 3.16. The van der Waals surface area contributed by atoms with Gasteiger partial charge >= 0.3 is 0 Å². The number of terminal acetylenes is 1. The summed E-state index contributed by atoms with van der Waals surface area (Å²) in [6.07, 6.45) is 7.23. The first kappa shape index (κ1) is 11.0. The van der Waals surface area contributed by atoms with Crippen LogP contribution >= 0.6 is 15.9 Å². The van der Waals surface area contributed by atoms with Crippen LogP contribution in [0.3, 0.4) is 0 Å². The van der Waals surface area contributed by atoms with E-state index < -0.39 is 5.54 Å². The fraction of sp³-hybridized carbons (Fsp3) is 0.273. The third-order valence-corrected chi connectivity index (χ3v) is 2.55. The zero-order valence-electron chi connectivity index (χ0n) is 9.03. The summed E-state index contributed by atoms with van der Waals surface area (Å²) in [4.78, 5) is 4.31. The standard InChI is InChI=1S/C11H11BrN4/c1-4-11(2,3)14-10-13-9-6-5-8(12)7-16(9)15-10/h1,5-7H,2-3H3,(H,14,15). The van der Waals surface area contributed by atoms with Crippen LogP contribution in [0.25, 0.3) is 5.65 Å². The number of halogens is 1. The zero-order valence-corrected chi connectivity index (χ0v) is 10.6. The Kier molecular flexibility index (Phi) is 2.60. The molecule has 0 bridgehead atoms. The SMILES string of the molecule is C#CC(C)(C)Nc1nc2ccc(Br)cn2n1. The number of fused-ring (bicyclic) bond motifs is 1. The van der Waals surface area contributed by atoms with E-state index in [1.54, 1.807) is 4.52 Å². The third-order valence-electron chi connectivity index (χ3n) is 2.08. The Bertz CT molecular complexity index is 565. The van der Waals surface area contributed by atoms with Crippen LogP contribution < -0.4 is 5.32 Å². The van der Waals surface area contributed by atoms with Gasteiger partial charge in [-0.2, -0.15) is 4.98 Å². The molecule has 0 saturated heterocycles. The summed E-state index contributed by atoms with van der Waals surface area (Å²) in [7, 11) is 0. The molecule has 5 heteroatoms. The van der Waals surface area contributed by atoms with Crippen LogP contribution in [0.4, 0.5) is 5.95 Å². The summed E-state index contributed by atoms with van der Waals surface area (Å²) in [6, 6.07) is 3.80. The maximum atomic E-state index is 5.39. The Morgan fingerprint density at radius 2 is 2.25 bits per heavy atom. The van der Waals surface area contributed by atoms with Crippen molar-refractivity contribution < 1.29 is 0 Å². The van der Waals surface area contributed by atoms with Gasteiger partial charge in [-0.1, -0.05) is 5.92 Å². The van der Waals surface area contributed by atoms with E-state index in [1.165, 1.54) is 0 Å². The summed E-state index contributed by atoms with van der Waals surface area (Å²) < 4.78 is 2.65. The van der Waals surface area contributed by atoms with Crippen LogP contribution in [0.1, 0.15) is 13.8 Å². The second kappa shape index (κ2) is 3.80. The molecule has 0 atom stereocenters. The average molecular weight is 279 g/mol. The van der Waals surface area contributed by atoms with Crippen molar-refractivity contribution in [3.05, 3.63) is 22.8 Å². The van der Waals surface area contributed by atoms with Crippen LogP contribution in [0.2, 0.25) is 0 Å². The highest BCUT2D eigenvalue weighted by Gasteiger charge is 2.15. The lowest BCUT2D eigenvalue weighted by atomic mass is 10.1. The monoisotopic (exact) mass is 278 g/mol. The average Bonchev–Trinajstić information content (AvgIpc) is 2.58. The van der Waals surface area contributed by atoms with E-state index in [-0.39, 0.29) is 0 Å². The van der Waals surface area contributed by atoms with Crippen molar-refractivity contribution in [1.82, 2.24) is 14.6 Å². The van der Waals surface area contributed by atoms with E-state index >= 15 is 0 Å². The molecular formula is C11H11BrN4. The molecule has 0 spiro atoms. The third kappa shape index (κ3) is 2.17. The first-order chi connectivity index (χ1) is 7.50. The summed E-state index contributed by atoms with van der Waals surface area (Å²) >= 11 is 3.38. The van der Waals surface area contributed by atoms with Crippen molar-refractivity contribution in [3.63, 3.8) is 0 Å². The quantitative estimate of drug-likeness (QED) is 0.858. The van der Waals surface area contributed by atoms with E-state index in [0.717, 1.165) is 10.1 Å². The highest BCUT2D eigenvalue weighted by atomic mass is 79.9. The largest absolute Gasteiger partial charge is 0.337 e. The lowest BCUT2D eigenvalue weighted by Gasteiger charge is -2.17. The van der Waals surface area contributed by atoms with E-state index in [9.17, 15) is 0 Å². The van der Waals surface area contributed by atoms with E-state index in [2.05, 4.69) is 37.2 Å². The van der Waals surface area contributed by atoms with Crippen molar-refractivity contribution in [2.75, 3.05) is 5.32 Å². The number of rotatable bonds is 2. The maximum absolute atomic E-state index is 5.39. The fourth-order valence-corrected chi connectivity index (χ4v) is 1.55. The first-order valence-electron chi connectivity index (χ1n) is 4.78. The highest BCUT2D eigenvalue weighted by Crippen LogP contribution is 2.14. The minimum absolute atomic E-state index is 0.456. The van der Waals surface area contributed by atoms with Gasteiger partial charge in [-0.25, -0.2) is 4.52 Å². The predicted octanol–water partition coefficient (Wildman–Crippen LogP) is 2.32. The van der Waals surface area contributed by atoms with Gasteiger partial charge in [-0.05, 0) is 41.9 Å². The van der Waals surface area contributed by atoms with Gasteiger partial charge in [0.15, 0.2) is 5.65 Å². The number of aromatic nitrogens is 3. The molecule has 0 amide bonds. The molecule has 0 aliphatic rings. The molecule has 16 heavy (non-hydrogen) atoms. The Labute approximate surface area is 102 Å². The molecule has 4 nitrogen and oxygen atoms in total. The van der Waals surface area contributed by atoms with Gasteiger partial charge in [0.05, 0.1) is 5.54 Å². The van der Waals surface area contributed by atoms with E-state index in [1.807, 2.05) is 32.2 Å². The minimum atomic E-state index is -0.456. The van der Waals surface area contributed by atoms with Crippen molar-refractivity contribution in [2.45, 2.75) is 19.4 Å². The highest BCUT2D eigenvalue weighted by molar-refractivity contribution is 9.10. The topological polar surface area (TPSA) is 42.2 Å². The molecule has 82 valence electrons. The first-order valence-corrected chi connectivity index (χ1v) is 5.57. The molecule has 0 aromatic carbocycles. The number of hydrogen-bond acceptors (Lipinski definition) is 3. The van der Waals surface area contributed by atoms with E-state index in [4.69, 9.17) is 6.42 Å². The summed E-state index contributed by atoms with van der Waals surface area (Å²) in [5, 5.41) is 7.36. The summed E-state index contributed by atoms with van der Waals surface area (Å²) in [5.41, 5.74) is 0.320. The van der Waals surface area contributed by atoms with Crippen molar-refractivity contribution >= 4 is 27.5 Å². The Hall–Kier alpha value is -1.54. The van der Waals surface area contributed by atoms with Gasteiger partial charge in [0.2, 0.25) is 5.95 Å². The van der Waals surface area contributed by atoms with Crippen LogP contribution in [0.15, 0.2) is 22.8 Å². The molecule has 0 fully saturated rings. The normalized spacial score (nSPS) is 11.4. The number of anilines is 1. The second-order valence-electron chi connectivity index (χ2n) is 3.98. The van der Waals surface area contributed by atoms with Gasteiger partial charge in [-0.15, -0.1) is 11.5 Å². The van der Waals surface area contributed by atoms with Crippen LogP contribution in [-0.2, 0) is 0 Å².